The van der Waals surface area contributed by atoms with Crippen LogP contribution in [-0.2, 0) is 9.47 Å². The number of ether oxygens (including phenoxy) is 2. The van der Waals surface area contributed by atoms with Gasteiger partial charge in [0.2, 0.25) is 0 Å². The Kier molecular flexibility index (Phi) is 13.4. The van der Waals surface area contributed by atoms with Crippen molar-refractivity contribution in [3.8, 4) is 0 Å². The molecule has 2 aliphatic heterocycles. The molecule has 0 aliphatic carbocycles. The molecule has 0 radical (unpaired) electrons. The van der Waals surface area contributed by atoms with Crippen LogP contribution >= 0.6 is 23.5 Å². The van der Waals surface area contributed by atoms with E-state index in [1.165, 1.54) is 81.3 Å². The van der Waals surface area contributed by atoms with E-state index in [9.17, 15) is 9.59 Å². The van der Waals surface area contributed by atoms with Crippen LogP contribution in [-0.4, -0.2) is 28.9 Å². The molecule has 8 nitrogen and oxygen atoms in total. The van der Waals surface area contributed by atoms with Crippen molar-refractivity contribution < 1.29 is 19.1 Å². The Balaban J connectivity index is 1.05. The van der Waals surface area contributed by atoms with Crippen molar-refractivity contribution in [2.75, 3.05) is 11.9 Å². The molecule has 0 saturated heterocycles. The van der Waals surface area contributed by atoms with E-state index < -0.39 is 11.9 Å². The number of carbonyl (C=O) groups is 2. The second-order valence-electron chi connectivity index (χ2n) is 13.4. The normalized spacial score (nSPS) is 13.7. The summed E-state index contributed by atoms with van der Waals surface area (Å²) in [5, 5.41) is 5.83. The Morgan fingerprint density at radius 3 is 1.65 bits per heavy atom. The number of hydrogen-bond acceptors (Lipinski definition) is 10. The fourth-order valence-corrected chi connectivity index (χ4v) is 8.20. The van der Waals surface area contributed by atoms with Crippen molar-refractivity contribution in [3.05, 3.63) is 89.5 Å². The summed E-state index contributed by atoms with van der Waals surface area (Å²) >= 11 is 2.61. The van der Waals surface area contributed by atoms with Gasteiger partial charge >= 0.3 is 11.9 Å². The van der Waals surface area contributed by atoms with Crippen molar-refractivity contribution in [2.45, 2.75) is 107 Å². The third kappa shape index (κ3) is 9.65. The van der Waals surface area contributed by atoms with E-state index in [1.54, 1.807) is 24.3 Å². The van der Waals surface area contributed by atoms with Gasteiger partial charge in [0.05, 0.1) is 22.5 Å². The summed E-state index contributed by atoms with van der Waals surface area (Å²) in [5.41, 5.74) is 10.7. The first-order chi connectivity index (χ1) is 25.4. The topological polar surface area (TPSA) is 115 Å². The van der Waals surface area contributed by atoms with E-state index in [1.807, 2.05) is 48.5 Å². The molecule has 52 heavy (non-hydrogen) atoms. The molecule has 1 atom stereocenters. The highest BCUT2D eigenvalue weighted by Gasteiger charge is 2.27. The summed E-state index contributed by atoms with van der Waals surface area (Å²) in [5.74, 6) is -0.921. The van der Waals surface area contributed by atoms with Gasteiger partial charge in [-0.1, -0.05) is 90.2 Å². The molecule has 2 aliphatic rings. The molecule has 0 bridgehead atoms. The number of benzene rings is 4. The molecule has 2 heterocycles. The van der Waals surface area contributed by atoms with Crippen LogP contribution in [0.5, 0.6) is 0 Å². The van der Waals surface area contributed by atoms with E-state index >= 15 is 0 Å². The standard InChI is InChI=1S/C42H48N4O4S2/c1-3-5-7-9-11-13-27-44-31-21-19-30(20-22-31)40(48)50-42-46-34-24-25-35-37-33(23-26-36(52-42)38(34)37)45-41(51-35)49-39(47)29-17-15-28(16-18-29)32(43)14-12-10-8-6-4-2/h15-26,32,44H,3-14,27,43H2,1-2H3. The zero-order valence-corrected chi connectivity index (χ0v) is 31.8. The number of hydrogen-bond donors (Lipinski definition) is 2. The first-order valence-electron chi connectivity index (χ1n) is 18.7. The van der Waals surface area contributed by atoms with E-state index in [0.717, 1.165) is 57.6 Å². The van der Waals surface area contributed by atoms with Gasteiger partial charge in [-0.3, -0.25) is 0 Å². The first kappa shape index (κ1) is 37.6. The van der Waals surface area contributed by atoms with E-state index in [2.05, 4.69) is 19.2 Å². The van der Waals surface area contributed by atoms with E-state index in [0.29, 0.717) is 22.5 Å². The van der Waals surface area contributed by atoms with Gasteiger partial charge in [-0.25, -0.2) is 19.6 Å². The quantitative estimate of drug-likeness (QED) is 0.0813. The average Bonchev–Trinajstić information content (AvgIpc) is 3.16. The van der Waals surface area contributed by atoms with Crippen molar-refractivity contribution >= 4 is 73.8 Å². The largest absolute Gasteiger partial charge is 0.397 e. The molecular formula is C42H48N4O4S2. The molecule has 0 spiro atoms. The lowest BCUT2D eigenvalue weighted by atomic mass is 9.99. The number of nitrogens with zero attached hydrogens (tertiary/aromatic N) is 2. The summed E-state index contributed by atoms with van der Waals surface area (Å²) in [6, 6.07) is 22.4. The van der Waals surface area contributed by atoms with Crippen LogP contribution in [0.1, 0.15) is 123 Å². The molecule has 3 N–H and O–H groups in total. The number of thioether (sulfide) groups is 2. The molecule has 6 rings (SSSR count). The summed E-state index contributed by atoms with van der Waals surface area (Å²) < 4.78 is 11.5. The van der Waals surface area contributed by atoms with Gasteiger partial charge < -0.3 is 20.5 Å². The van der Waals surface area contributed by atoms with Gasteiger partial charge in [-0.15, -0.1) is 0 Å². The summed E-state index contributed by atoms with van der Waals surface area (Å²) in [7, 11) is 0. The molecule has 0 aromatic heterocycles. The number of nitrogens with one attached hydrogen (secondary N) is 1. The minimum absolute atomic E-state index is 0.0476. The Hall–Kier alpha value is -4.12. The zero-order chi connectivity index (χ0) is 36.3. The molecule has 272 valence electrons. The summed E-state index contributed by atoms with van der Waals surface area (Å²) in [4.78, 5) is 37.4. The number of unbranched alkanes of at least 4 members (excludes halogenated alkanes) is 9. The van der Waals surface area contributed by atoms with Crippen LogP contribution in [0.2, 0.25) is 0 Å². The number of carbonyl (C=O) groups excluding carboxylic acids is 2. The average molecular weight is 737 g/mol. The van der Waals surface area contributed by atoms with Crippen LogP contribution in [0.25, 0.3) is 10.8 Å². The lowest BCUT2D eigenvalue weighted by molar-refractivity contribution is 0.0714. The summed E-state index contributed by atoms with van der Waals surface area (Å²) in [6.45, 7) is 5.36. The van der Waals surface area contributed by atoms with Crippen molar-refractivity contribution in [3.63, 3.8) is 0 Å². The maximum absolute atomic E-state index is 13.1. The number of esters is 2. The smallest absolute Gasteiger partial charge is 0.345 e. The number of rotatable bonds is 17. The highest BCUT2D eigenvalue weighted by molar-refractivity contribution is 8.14. The van der Waals surface area contributed by atoms with E-state index in [4.69, 9.17) is 25.2 Å². The van der Waals surface area contributed by atoms with Crippen LogP contribution in [0, 0.1) is 0 Å². The Morgan fingerprint density at radius 1 is 0.635 bits per heavy atom. The molecule has 4 aromatic rings. The molecule has 0 fully saturated rings. The minimum Gasteiger partial charge on any atom is -0.397 e. The number of nitrogens with two attached hydrogens (primary N) is 1. The van der Waals surface area contributed by atoms with Gasteiger partial charge in [0, 0.05) is 38.8 Å². The maximum atomic E-state index is 13.1. The van der Waals surface area contributed by atoms with Gasteiger partial charge in [0.1, 0.15) is 0 Å². The molecule has 10 heteroatoms. The minimum atomic E-state index is -0.467. The molecular weight excluding hydrogens is 689 g/mol. The first-order valence-corrected chi connectivity index (χ1v) is 20.3. The molecule has 4 aromatic carbocycles. The molecule has 0 amide bonds. The van der Waals surface area contributed by atoms with Crippen LogP contribution in [0.4, 0.5) is 17.1 Å². The monoisotopic (exact) mass is 736 g/mol. The van der Waals surface area contributed by atoms with Crippen molar-refractivity contribution in [1.82, 2.24) is 0 Å². The predicted octanol–water partition coefficient (Wildman–Crippen LogP) is 11.9. The van der Waals surface area contributed by atoms with Crippen LogP contribution in [0.3, 0.4) is 0 Å². The van der Waals surface area contributed by atoms with Gasteiger partial charge in [-0.05, 0) is 103 Å². The maximum Gasteiger partial charge on any atom is 0.345 e. The lowest BCUT2D eigenvalue weighted by Crippen LogP contribution is -2.13. The Morgan fingerprint density at radius 2 is 1.12 bits per heavy atom. The zero-order valence-electron chi connectivity index (χ0n) is 30.1. The van der Waals surface area contributed by atoms with E-state index in [-0.39, 0.29) is 16.5 Å². The number of anilines is 1. The van der Waals surface area contributed by atoms with Gasteiger partial charge in [0.25, 0.3) is 10.5 Å². The van der Waals surface area contributed by atoms with Gasteiger partial charge in [0.15, 0.2) is 0 Å². The highest BCUT2D eigenvalue weighted by atomic mass is 32.2. The Bertz CT molecular complexity index is 1930. The predicted molar refractivity (Wildman–Crippen MR) is 216 cm³/mol. The van der Waals surface area contributed by atoms with Crippen molar-refractivity contribution in [2.24, 2.45) is 15.7 Å². The highest BCUT2D eigenvalue weighted by Crippen LogP contribution is 2.49. The fourth-order valence-electron chi connectivity index (χ4n) is 6.41. The second kappa shape index (κ2) is 18.6. The van der Waals surface area contributed by atoms with Crippen molar-refractivity contribution in [1.29, 1.82) is 0 Å². The van der Waals surface area contributed by atoms with Crippen LogP contribution in [0.15, 0.2) is 92.6 Å². The third-order valence-corrected chi connectivity index (χ3v) is 11.2. The molecule has 1 unspecified atom stereocenters. The van der Waals surface area contributed by atoms with Gasteiger partial charge in [-0.2, -0.15) is 0 Å². The van der Waals surface area contributed by atoms with Crippen LogP contribution < -0.4 is 11.1 Å². The lowest BCUT2D eigenvalue weighted by Gasteiger charge is -2.21. The fraction of sp³-hybridized carbons (Fsp3) is 0.381. The second-order valence-corrected chi connectivity index (χ2v) is 15.3. The third-order valence-electron chi connectivity index (χ3n) is 9.39. The SMILES string of the molecule is CCCCCCCCNc1ccc(C(=O)OC2=Nc3ccc4c5c(ccc(c35)S2)N=C(OC(=O)c2ccc(C(N)CCCCCCC)cc2)S4)cc1. The summed E-state index contributed by atoms with van der Waals surface area (Å²) in [6.07, 6.45) is 14.5. The number of aliphatic imine (C=N–C) groups is 2. The molecule has 0 saturated carbocycles. The Labute approximate surface area is 315 Å².